The molecule has 2 aromatic carbocycles. The van der Waals surface area contributed by atoms with E-state index in [9.17, 15) is 4.79 Å². The number of benzene rings is 2. The number of carbonyl (C=O) groups is 1. The van der Waals surface area contributed by atoms with Gasteiger partial charge in [-0.15, -0.1) is 0 Å². The maximum Gasteiger partial charge on any atom is 0.263 e. The highest BCUT2D eigenvalue weighted by molar-refractivity contribution is 5.81. The van der Waals surface area contributed by atoms with Crippen LogP contribution in [-0.2, 0) is 4.79 Å². The van der Waals surface area contributed by atoms with Gasteiger partial charge in [0.1, 0.15) is 23.1 Å². The van der Waals surface area contributed by atoms with E-state index in [0.717, 1.165) is 28.6 Å². The third-order valence-corrected chi connectivity index (χ3v) is 5.53. The number of hydrogen-bond acceptors (Lipinski definition) is 6. The molecule has 1 aliphatic rings. The van der Waals surface area contributed by atoms with E-state index < -0.39 is 6.10 Å². The fraction of sp³-hybridized carbons (Fsp3) is 0.320. The van der Waals surface area contributed by atoms with Crippen molar-refractivity contribution in [3.05, 3.63) is 66.5 Å². The predicted octanol–water partition coefficient (Wildman–Crippen LogP) is 3.58. The highest BCUT2D eigenvalue weighted by Gasteiger charge is 2.27. The van der Waals surface area contributed by atoms with Crippen LogP contribution in [0.1, 0.15) is 12.7 Å². The van der Waals surface area contributed by atoms with Crippen molar-refractivity contribution in [3.8, 4) is 22.8 Å². The molecular weight excluding hydrogens is 404 g/mol. The van der Waals surface area contributed by atoms with E-state index >= 15 is 0 Å². The van der Waals surface area contributed by atoms with Gasteiger partial charge in [0, 0.05) is 37.8 Å². The van der Waals surface area contributed by atoms with Crippen molar-refractivity contribution in [2.45, 2.75) is 20.0 Å². The molecule has 0 spiro atoms. The summed E-state index contributed by atoms with van der Waals surface area (Å²) in [4.78, 5) is 26.2. The summed E-state index contributed by atoms with van der Waals surface area (Å²) in [5, 5.41) is 0. The van der Waals surface area contributed by atoms with Crippen LogP contribution in [0.2, 0.25) is 0 Å². The highest BCUT2D eigenvalue weighted by Crippen LogP contribution is 2.23. The number of amides is 1. The molecule has 1 fully saturated rings. The van der Waals surface area contributed by atoms with Crippen molar-refractivity contribution < 1.29 is 14.3 Å². The molecule has 7 heteroatoms. The molecule has 1 aromatic heterocycles. The lowest BCUT2D eigenvalue weighted by molar-refractivity contribution is -0.138. The third-order valence-electron chi connectivity index (χ3n) is 5.53. The third kappa shape index (κ3) is 4.99. The molecular formula is C25H28N4O3. The molecule has 1 amide bonds. The van der Waals surface area contributed by atoms with Gasteiger partial charge in [0.25, 0.3) is 5.91 Å². The van der Waals surface area contributed by atoms with E-state index in [-0.39, 0.29) is 5.91 Å². The van der Waals surface area contributed by atoms with Crippen LogP contribution < -0.4 is 14.4 Å². The molecule has 0 radical (unpaired) electrons. The van der Waals surface area contributed by atoms with Crippen molar-refractivity contribution in [1.29, 1.82) is 0 Å². The van der Waals surface area contributed by atoms with Gasteiger partial charge in [-0.2, -0.15) is 0 Å². The van der Waals surface area contributed by atoms with E-state index in [1.807, 2.05) is 72.5 Å². The van der Waals surface area contributed by atoms with Crippen LogP contribution in [0.4, 0.5) is 5.82 Å². The fourth-order valence-electron chi connectivity index (χ4n) is 3.79. The van der Waals surface area contributed by atoms with Crippen LogP contribution in [0, 0.1) is 6.92 Å². The van der Waals surface area contributed by atoms with Crippen LogP contribution in [0.25, 0.3) is 11.3 Å². The number of aryl methyl sites for hydroxylation is 1. The molecule has 1 saturated heterocycles. The van der Waals surface area contributed by atoms with Gasteiger partial charge in [0.2, 0.25) is 0 Å². The molecule has 1 atom stereocenters. The van der Waals surface area contributed by atoms with Crippen LogP contribution in [0.3, 0.4) is 0 Å². The summed E-state index contributed by atoms with van der Waals surface area (Å²) in [6.07, 6.45) is -0.555. The topological polar surface area (TPSA) is 67.8 Å². The predicted molar refractivity (Wildman–Crippen MR) is 124 cm³/mol. The van der Waals surface area contributed by atoms with Gasteiger partial charge in [0.05, 0.1) is 12.8 Å². The minimum Gasteiger partial charge on any atom is -0.497 e. The van der Waals surface area contributed by atoms with Gasteiger partial charge in [-0.05, 0) is 38.1 Å². The van der Waals surface area contributed by atoms with Crippen molar-refractivity contribution in [1.82, 2.24) is 14.9 Å². The minimum atomic E-state index is -0.555. The molecule has 1 aliphatic heterocycles. The highest BCUT2D eigenvalue weighted by atomic mass is 16.5. The summed E-state index contributed by atoms with van der Waals surface area (Å²) in [6.45, 7) is 6.38. The Morgan fingerprint density at radius 3 is 2.25 bits per heavy atom. The van der Waals surface area contributed by atoms with Gasteiger partial charge in [0.15, 0.2) is 6.10 Å². The first-order valence-corrected chi connectivity index (χ1v) is 10.8. The standard InChI is InChI=1S/C25H28N4O3/c1-18(32-22-11-9-21(31-3)10-12-22)25(30)29-15-13-28(14-16-29)24-17-23(26-19(2)27-24)20-7-5-4-6-8-20/h4-12,17-18H,13-16H2,1-3H3. The number of anilines is 1. The summed E-state index contributed by atoms with van der Waals surface area (Å²) in [5.41, 5.74) is 1.98. The first-order valence-electron chi connectivity index (χ1n) is 10.8. The second-order valence-electron chi connectivity index (χ2n) is 7.77. The van der Waals surface area contributed by atoms with Crippen LogP contribution in [0.15, 0.2) is 60.7 Å². The van der Waals surface area contributed by atoms with E-state index in [2.05, 4.69) is 14.9 Å². The molecule has 0 N–H and O–H groups in total. The lowest BCUT2D eigenvalue weighted by Gasteiger charge is -2.36. The van der Waals surface area contributed by atoms with Crippen molar-refractivity contribution in [3.63, 3.8) is 0 Å². The van der Waals surface area contributed by atoms with E-state index in [4.69, 9.17) is 9.47 Å². The van der Waals surface area contributed by atoms with Crippen LogP contribution in [-0.4, -0.2) is 60.2 Å². The summed E-state index contributed by atoms with van der Waals surface area (Å²) in [5.74, 6) is 3.02. The number of piperazine rings is 1. The number of ether oxygens (including phenoxy) is 2. The molecule has 32 heavy (non-hydrogen) atoms. The van der Waals surface area contributed by atoms with E-state index in [1.165, 1.54) is 0 Å². The Morgan fingerprint density at radius 2 is 1.59 bits per heavy atom. The fourth-order valence-corrected chi connectivity index (χ4v) is 3.79. The first kappa shape index (κ1) is 21.6. The SMILES string of the molecule is COc1ccc(OC(C)C(=O)N2CCN(c3cc(-c4ccccc4)nc(C)n3)CC2)cc1. The van der Waals surface area contributed by atoms with Gasteiger partial charge < -0.3 is 19.3 Å². The van der Waals surface area contributed by atoms with Gasteiger partial charge in [-0.1, -0.05) is 30.3 Å². The van der Waals surface area contributed by atoms with Gasteiger partial charge in [-0.3, -0.25) is 4.79 Å². The molecule has 1 unspecified atom stereocenters. The summed E-state index contributed by atoms with van der Waals surface area (Å²) in [7, 11) is 1.62. The summed E-state index contributed by atoms with van der Waals surface area (Å²) in [6, 6.07) is 19.4. The maximum atomic E-state index is 12.9. The number of aromatic nitrogens is 2. The minimum absolute atomic E-state index is 0.00990. The Morgan fingerprint density at radius 1 is 0.938 bits per heavy atom. The number of rotatable bonds is 6. The molecule has 166 valence electrons. The Balaban J connectivity index is 1.37. The number of hydrogen-bond donors (Lipinski definition) is 0. The van der Waals surface area contributed by atoms with Gasteiger partial charge >= 0.3 is 0 Å². The molecule has 2 heterocycles. The average Bonchev–Trinajstić information content (AvgIpc) is 2.84. The lowest BCUT2D eigenvalue weighted by atomic mass is 10.1. The van der Waals surface area contributed by atoms with Gasteiger partial charge in [-0.25, -0.2) is 9.97 Å². The molecule has 0 bridgehead atoms. The number of nitrogens with zero attached hydrogens (tertiary/aromatic N) is 4. The summed E-state index contributed by atoms with van der Waals surface area (Å²) < 4.78 is 11.0. The van der Waals surface area contributed by atoms with Crippen LogP contribution >= 0.6 is 0 Å². The van der Waals surface area contributed by atoms with E-state index in [1.54, 1.807) is 14.0 Å². The Bertz CT molecular complexity index is 1050. The Hall–Kier alpha value is -3.61. The second kappa shape index (κ2) is 9.68. The number of methoxy groups -OCH3 is 1. The Labute approximate surface area is 188 Å². The largest absolute Gasteiger partial charge is 0.497 e. The zero-order chi connectivity index (χ0) is 22.5. The van der Waals surface area contributed by atoms with Crippen molar-refractivity contribution >= 4 is 11.7 Å². The molecule has 0 aliphatic carbocycles. The molecule has 3 aromatic rings. The lowest BCUT2D eigenvalue weighted by Crippen LogP contribution is -2.52. The Kier molecular flexibility index (Phi) is 6.54. The number of carbonyl (C=O) groups excluding carboxylic acids is 1. The van der Waals surface area contributed by atoms with Crippen LogP contribution in [0.5, 0.6) is 11.5 Å². The second-order valence-corrected chi connectivity index (χ2v) is 7.77. The smallest absolute Gasteiger partial charge is 0.263 e. The quantitative estimate of drug-likeness (QED) is 0.593. The van der Waals surface area contributed by atoms with Crippen molar-refractivity contribution in [2.24, 2.45) is 0 Å². The maximum absolute atomic E-state index is 12.9. The summed E-state index contributed by atoms with van der Waals surface area (Å²) >= 11 is 0. The normalized spacial score (nSPS) is 14.7. The van der Waals surface area contributed by atoms with Crippen molar-refractivity contribution in [2.75, 3.05) is 38.2 Å². The average molecular weight is 433 g/mol. The van der Waals surface area contributed by atoms with E-state index in [0.29, 0.717) is 31.9 Å². The molecule has 7 nitrogen and oxygen atoms in total. The zero-order valence-corrected chi connectivity index (χ0v) is 18.7. The molecule has 4 rings (SSSR count). The monoisotopic (exact) mass is 432 g/mol. The zero-order valence-electron chi connectivity index (χ0n) is 18.7. The first-order chi connectivity index (χ1) is 15.5. The molecule has 0 saturated carbocycles.